The van der Waals surface area contributed by atoms with Gasteiger partial charge in [-0.15, -0.1) is 4.78 Å². The first kappa shape index (κ1) is 22.0. The molecule has 2 saturated carbocycles. The van der Waals surface area contributed by atoms with Crippen LogP contribution < -0.4 is 0 Å². The number of carbonyl (C=O) groups is 1. The monoisotopic (exact) mass is 379 g/mol. The molecule has 3 aliphatic rings. The van der Waals surface area contributed by atoms with Gasteiger partial charge in [-0.05, 0) is 36.1 Å². The Morgan fingerprint density at radius 3 is 2.12 bits per heavy atom. The van der Waals surface area contributed by atoms with Crippen LogP contribution in [0.3, 0.4) is 0 Å². The molecular formula is C16H29N7O2Si. The molecule has 0 saturated heterocycles. The Hall–Kier alpha value is -2.02. The van der Waals surface area contributed by atoms with Crippen molar-refractivity contribution >= 4 is 20.2 Å². The lowest BCUT2D eigenvalue weighted by Gasteiger charge is -2.16. The van der Waals surface area contributed by atoms with Crippen molar-refractivity contribution in [2.24, 2.45) is 20.1 Å². The molecule has 10 heteroatoms. The molecule has 0 N–H and O–H groups in total. The van der Waals surface area contributed by atoms with Crippen LogP contribution in [0.2, 0.25) is 19.6 Å². The van der Waals surface area contributed by atoms with Gasteiger partial charge in [0.05, 0.1) is 12.1 Å². The molecule has 1 aliphatic heterocycles. The molecule has 3 rings (SSSR count). The van der Waals surface area contributed by atoms with Gasteiger partial charge in [0, 0.05) is 0 Å². The number of azide groups is 1. The highest BCUT2D eigenvalue weighted by Gasteiger charge is 2.29. The van der Waals surface area contributed by atoms with Gasteiger partial charge in [-0.3, -0.25) is 4.79 Å². The summed E-state index contributed by atoms with van der Waals surface area (Å²) in [6.45, 7) is 6.24. The number of amides is 1. The summed E-state index contributed by atoms with van der Waals surface area (Å²) < 4.78 is 3.58. The summed E-state index contributed by atoms with van der Waals surface area (Å²) in [7, 11) is -1.45. The molecule has 0 aromatic rings. The summed E-state index contributed by atoms with van der Waals surface area (Å²) in [5, 5.41) is 9.06. The third-order valence-electron chi connectivity index (χ3n) is 4.20. The van der Waals surface area contributed by atoms with Gasteiger partial charge >= 0.3 is 0 Å². The lowest BCUT2D eigenvalue weighted by molar-refractivity contribution is -0.129. The standard InChI is InChI=1S/C7H11N3O.C6H9NO.C3H9N3Si/c11-7-5-8-9-10(7)6-3-1-2-4-6;8-5-7-6-3-1-2-4-6;1-7(2,3)6-5-4/h6H,1-5H2;6H,1-4H2;1-3H3. The molecule has 0 bridgehead atoms. The average Bonchev–Trinajstić information content (AvgIpc) is 3.29. The Balaban J connectivity index is 0.000000203. The topological polar surface area (TPSA) is 123 Å². The lowest BCUT2D eigenvalue weighted by Crippen LogP contribution is -2.31. The first-order valence-electron chi connectivity index (χ1n) is 9.20. The molecule has 9 nitrogen and oxygen atoms in total. The van der Waals surface area contributed by atoms with E-state index in [0.29, 0.717) is 12.1 Å². The molecule has 0 radical (unpaired) electrons. The molecule has 1 amide bonds. The second-order valence-corrected chi connectivity index (χ2v) is 12.1. The second-order valence-electron chi connectivity index (χ2n) is 7.58. The highest BCUT2D eigenvalue weighted by Crippen LogP contribution is 2.25. The van der Waals surface area contributed by atoms with Crippen LogP contribution in [0, 0.1) is 0 Å². The van der Waals surface area contributed by atoms with Gasteiger partial charge in [-0.1, -0.05) is 50.5 Å². The minimum atomic E-state index is -1.45. The summed E-state index contributed by atoms with van der Waals surface area (Å²) in [6.07, 6.45) is 10.9. The molecule has 0 spiro atoms. The first-order chi connectivity index (χ1) is 12.4. The number of isocyanates is 1. The van der Waals surface area contributed by atoms with Crippen molar-refractivity contribution in [3.63, 3.8) is 0 Å². The smallest absolute Gasteiger partial charge is 0.267 e. The maximum absolute atomic E-state index is 11.1. The van der Waals surface area contributed by atoms with Crippen LogP contribution in [-0.4, -0.2) is 43.9 Å². The average molecular weight is 380 g/mol. The number of hydrogen-bond acceptors (Lipinski definition) is 6. The van der Waals surface area contributed by atoms with Gasteiger partial charge in [0.1, 0.15) is 14.8 Å². The van der Waals surface area contributed by atoms with E-state index in [1.807, 2.05) is 19.6 Å². The van der Waals surface area contributed by atoms with Gasteiger partial charge in [0.2, 0.25) is 6.08 Å². The largest absolute Gasteiger partial charge is 0.271 e. The minimum absolute atomic E-state index is 0.0666. The van der Waals surface area contributed by atoms with Crippen molar-refractivity contribution in [1.82, 2.24) is 5.01 Å². The molecule has 26 heavy (non-hydrogen) atoms. The maximum Gasteiger partial charge on any atom is 0.267 e. The van der Waals surface area contributed by atoms with Gasteiger partial charge in [-0.25, -0.2) is 14.8 Å². The summed E-state index contributed by atoms with van der Waals surface area (Å²) in [5.74, 6) is 0.0666. The van der Waals surface area contributed by atoms with Crippen LogP contribution in [0.1, 0.15) is 51.4 Å². The molecule has 0 atom stereocenters. The van der Waals surface area contributed by atoms with Crippen LogP contribution in [0.4, 0.5) is 0 Å². The Morgan fingerprint density at radius 2 is 1.73 bits per heavy atom. The van der Waals surface area contributed by atoms with Gasteiger partial charge in [0.25, 0.3) is 5.91 Å². The van der Waals surface area contributed by atoms with E-state index < -0.39 is 8.24 Å². The van der Waals surface area contributed by atoms with E-state index in [1.54, 1.807) is 11.1 Å². The van der Waals surface area contributed by atoms with Crippen molar-refractivity contribution < 1.29 is 9.59 Å². The van der Waals surface area contributed by atoms with E-state index >= 15 is 0 Å². The molecule has 0 unspecified atom stereocenters. The lowest BCUT2D eigenvalue weighted by atomic mass is 10.2. The molecule has 0 aromatic carbocycles. The number of hydrogen-bond donors (Lipinski definition) is 0. The zero-order valence-corrected chi connectivity index (χ0v) is 17.0. The fraction of sp³-hybridized carbons (Fsp3) is 0.875. The fourth-order valence-electron chi connectivity index (χ4n) is 2.95. The number of aliphatic imine (C=N–C) groups is 1. The molecule has 2 fully saturated rings. The summed E-state index contributed by atoms with van der Waals surface area (Å²) in [5.41, 5.74) is 7.89. The fourth-order valence-corrected chi connectivity index (χ4v) is 3.22. The number of carbonyl (C=O) groups excluding carboxylic acids is 2. The molecule has 0 aromatic heterocycles. The van der Waals surface area contributed by atoms with Crippen molar-refractivity contribution in [2.45, 2.75) is 83.1 Å². The zero-order valence-electron chi connectivity index (χ0n) is 16.0. The summed E-state index contributed by atoms with van der Waals surface area (Å²) in [4.78, 5) is 27.1. The highest BCUT2D eigenvalue weighted by molar-refractivity contribution is 6.74. The van der Waals surface area contributed by atoms with Crippen LogP contribution in [0.15, 0.2) is 20.1 Å². The SMILES string of the molecule is C[Si](C)(C)N=[N+]=[N-].O=C1CN=NN1C1CCCC1.O=C=NC1CCCC1. The van der Waals surface area contributed by atoms with Crippen molar-refractivity contribution in [3.05, 3.63) is 10.4 Å². The Kier molecular flexibility index (Phi) is 9.79. The van der Waals surface area contributed by atoms with Crippen LogP contribution in [-0.2, 0) is 9.59 Å². The maximum atomic E-state index is 11.1. The van der Waals surface area contributed by atoms with Crippen LogP contribution >= 0.6 is 0 Å². The number of nitrogens with zero attached hydrogens (tertiary/aromatic N) is 7. The number of rotatable bonds is 3. The summed E-state index contributed by atoms with van der Waals surface area (Å²) >= 11 is 0. The van der Waals surface area contributed by atoms with Crippen LogP contribution in [0.5, 0.6) is 0 Å². The molecule has 144 valence electrons. The van der Waals surface area contributed by atoms with Crippen LogP contribution in [0.25, 0.3) is 10.4 Å². The van der Waals surface area contributed by atoms with E-state index in [1.165, 1.54) is 25.7 Å². The quantitative estimate of drug-likeness (QED) is 0.178. The van der Waals surface area contributed by atoms with E-state index in [9.17, 15) is 9.59 Å². The normalized spacial score (nSPS) is 19.8. The Bertz CT molecular complexity index is 566. The van der Waals surface area contributed by atoms with E-state index in [2.05, 4.69) is 25.0 Å². The Morgan fingerprint density at radius 1 is 1.15 bits per heavy atom. The predicted octanol–water partition coefficient (Wildman–Crippen LogP) is 4.53. The van der Waals surface area contributed by atoms with Crippen molar-refractivity contribution in [1.29, 1.82) is 0 Å². The van der Waals surface area contributed by atoms with E-state index in [0.717, 1.165) is 25.7 Å². The molecular weight excluding hydrogens is 350 g/mol. The molecule has 2 aliphatic carbocycles. The first-order valence-corrected chi connectivity index (χ1v) is 12.6. The van der Waals surface area contributed by atoms with Gasteiger partial charge in [-0.2, -0.15) is 5.11 Å². The highest BCUT2D eigenvalue weighted by atomic mass is 28.3. The third kappa shape index (κ3) is 8.89. The van der Waals surface area contributed by atoms with Crippen molar-refractivity contribution in [2.75, 3.05) is 6.54 Å². The van der Waals surface area contributed by atoms with Crippen molar-refractivity contribution in [3.8, 4) is 0 Å². The summed E-state index contributed by atoms with van der Waals surface area (Å²) in [6, 6.07) is 0.668. The third-order valence-corrected chi connectivity index (χ3v) is 4.89. The second kappa shape index (κ2) is 11.6. The van der Waals surface area contributed by atoms with Gasteiger partial charge in [0.15, 0.2) is 0 Å². The predicted molar refractivity (Wildman–Crippen MR) is 102 cm³/mol. The van der Waals surface area contributed by atoms with Gasteiger partial charge < -0.3 is 0 Å². The minimum Gasteiger partial charge on any atom is -0.271 e. The molecule has 1 heterocycles. The zero-order chi connectivity index (χ0) is 19.4. The van der Waals surface area contributed by atoms with E-state index in [4.69, 9.17) is 5.53 Å². The Labute approximate surface area is 155 Å². The van der Waals surface area contributed by atoms with E-state index in [-0.39, 0.29) is 12.5 Å².